The third kappa shape index (κ3) is 4.22. The quantitative estimate of drug-likeness (QED) is 0.806. The number of nitrogens with two attached hydrogens (primary N) is 1. The Bertz CT molecular complexity index is 743. The van der Waals surface area contributed by atoms with E-state index in [1.54, 1.807) is 6.92 Å². The van der Waals surface area contributed by atoms with Crippen LogP contribution in [-0.2, 0) is 20.0 Å². The van der Waals surface area contributed by atoms with Crippen molar-refractivity contribution in [1.82, 2.24) is 4.72 Å². The number of halogens is 1. The standard InChI is InChI=1S/C12H17FN2O4S2/c1-8(6-9-2-3-9)15-21(18,19)12-5-4-10(7-11(12)13)20(14,16)17/h4-5,7-9,15H,2-3,6H2,1H3,(H2,14,16,17). The highest BCUT2D eigenvalue weighted by molar-refractivity contribution is 7.89. The average molecular weight is 336 g/mol. The number of benzene rings is 1. The molecule has 2 rings (SSSR count). The van der Waals surface area contributed by atoms with Crippen LogP contribution < -0.4 is 9.86 Å². The lowest BCUT2D eigenvalue weighted by Gasteiger charge is -2.14. The van der Waals surface area contributed by atoms with Crippen LogP contribution in [0.4, 0.5) is 4.39 Å². The number of rotatable bonds is 6. The van der Waals surface area contributed by atoms with Crippen LogP contribution in [0.1, 0.15) is 26.2 Å². The van der Waals surface area contributed by atoms with E-state index in [0.29, 0.717) is 18.4 Å². The third-order valence-electron chi connectivity index (χ3n) is 3.26. The fourth-order valence-corrected chi connectivity index (χ4v) is 3.95. The molecule has 1 saturated carbocycles. The predicted molar refractivity (Wildman–Crippen MR) is 74.9 cm³/mol. The summed E-state index contributed by atoms with van der Waals surface area (Å²) in [6.45, 7) is 1.71. The Hall–Kier alpha value is -1.03. The first-order chi connectivity index (χ1) is 9.59. The highest BCUT2D eigenvalue weighted by Gasteiger charge is 2.27. The number of nitrogens with one attached hydrogen (secondary N) is 1. The average Bonchev–Trinajstić information content (AvgIpc) is 3.10. The van der Waals surface area contributed by atoms with E-state index >= 15 is 0 Å². The lowest BCUT2D eigenvalue weighted by Crippen LogP contribution is -2.33. The van der Waals surface area contributed by atoms with E-state index in [4.69, 9.17) is 5.14 Å². The van der Waals surface area contributed by atoms with Crippen LogP contribution in [0.5, 0.6) is 0 Å². The zero-order valence-electron chi connectivity index (χ0n) is 11.4. The van der Waals surface area contributed by atoms with E-state index in [2.05, 4.69) is 4.72 Å². The van der Waals surface area contributed by atoms with E-state index in [1.165, 1.54) is 0 Å². The van der Waals surface area contributed by atoms with Gasteiger partial charge in [-0.2, -0.15) is 0 Å². The van der Waals surface area contributed by atoms with Crippen molar-refractivity contribution in [2.24, 2.45) is 11.1 Å². The Balaban J connectivity index is 2.23. The van der Waals surface area contributed by atoms with Gasteiger partial charge in [-0.3, -0.25) is 0 Å². The fraction of sp³-hybridized carbons (Fsp3) is 0.500. The normalized spacial score (nSPS) is 17.7. The van der Waals surface area contributed by atoms with Gasteiger partial charge in [-0.1, -0.05) is 12.8 Å². The first-order valence-corrected chi connectivity index (χ1v) is 9.47. The molecule has 3 N–H and O–H groups in total. The second kappa shape index (κ2) is 5.64. The maximum atomic E-state index is 13.9. The Morgan fingerprint density at radius 3 is 2.43 bits per heavy atom. The van der Waals surface area contributed by atoms with E-state index in [0.717, 1.165) is 25.0 Å². The van der Waals surface area contributed by atoms with Crippen LogP contribution in [0.25, 0.3) is 0 Å². The summed E-state index contributed by atoms with van der Waals surface area (Å²) in [4.78, 5) is -1.05. The van der Waals surface area contributed by atoms with Crippen LogP contribution >= 0.6 is 0 Å². The third-order valence-corrected chi connectivity index (χ3v) is 5.80. The van der Waals surface area contributed by atoms with Gasteiger partial charge in [0.15, 0.2) is 0 Å². The van der Waals surface area contributed by atoms with Gasteiger partial charge in [0.25, 0.3) is 0 Å². The molecular formula is C12H17FN2O4S2. The molecule has 9 heteroatoms. The minimum atomic E-state index is -4.07. The van der Waals surface area contributed by atoms with Gasteiger partial charge in [0.05, 0.1) is 4.90 Å². The van der Waals surface area contributed by atoms with Crippen molar-refractivity contribution in [2.45, 2.75) is 42.0 Å². The maximum absolute atomic E-state index is 13.9. The number of hydrogen-bond donors (Lipinski definition) is 2. The van der Waals surface area contributed by atoms with Crippen molar-refractivity contribution >= 4 is 20.0 Å². The zero-order chi connectivity index (χ0) is 15.8. The fourth-order valence-electron chi connectivity index (χ4n) is 2.11. The Morgan fingerprint density at radius 1 is 1.33 bits per heavy atom. The van der Waals surface area contributed by atoms with Gasteiger partial charge in [0.1, 0.15) is 10.7 Å². The summed E-state index contributed by atoms with van der Waals surface area (Å²) in [5.74, 6) is -0.620. The van der Waals surface area contributed by atoms with Crippen molar-refractivity contribution < 1.29 is 21.2 Å². The Morgan fingerprint density at radius 2 is 1.95 bits per heavy atom. The first kappa shape index (κ1) is 16.3. The molecule has 1 aliphatic rings. The molecule has 1 aliphatic carbocycles. The second-order valence-electron chi connectivity index (χ2n) is 5.34. The second-order valence-corrected chi connectivity index (χ2v) is 8.58. The summed E-state index contributed by atoms with van der Waals surface area (Å²) < 4.78 is 62.6. The topological polar surface area (TPSA) is 106 Å². The van der Waals surface area contributed by atoms with Gasteiger partial charge >= 0.3 is 0 Å². The molecule has 0 bridgehead atoms. The summed E-state index contributed by atoms with van der Waals surface area (Å²) in [5, 5.41) is 4.87. The van der Waals surface area contributed by atoms with E-state index in [1.807, 2.05) is 0 Å². The molecular weight excluding hydrogens is 319 g/mol. The molecule has 0 radical (unpaired) electrons. The molecule has 6 nitrogen and oxygen atoms in total. The van der Waals surface area contributed by atoms with Crippen LogP contribution in [0.15, 0.2) is 28.0 Å². The first-order valence-electron chi connectivity index (χ1n) is 6.44. The van der Waals surface area contributed by atoms with Crippen molar-refractivity contribution in [3.05, 3.63) is 24.0 Å². The van der Waals surface area contributed by atoms with Gasteiger partial charge in [-0.05, 0) is 37.5 Å². The van der Waals surface area contributed by atoms with Gasteiger partial charge in [0.2, 0.25) is 20.0 Å². The smallest absolute Gasteiger partial charge is 0.225 e. The molecule has 0 spiro atoms. The van der Waals surface area contributed by atoms with Crippen LogP contribution in [-0.4, -0.2) is 22.9 Å². The molecule has 1 aromatic carbocycles. The monoisotopic (exact) mass is 336 g/mol. The highest BCUT2D eigenvalue weighted by atomic mass is 32.2. The minimum absolute atomic E-state index is 0.306. The lowest BCUT2D eigenvalue weighted by atomic mass is 10.2. The van der Waals surface area contributed by atoms with Crippen molar-refractivity contribution in [1.29, 1.82) is 0 Å². The molecule has 0 heterocycles. The van der Waals surface area contributed by atoms with Gasteiger partial charge < -0.3 is 0 Å². The summed E-state index contributed by atoms with van der Waals surface area (Å²) in [7, 11) is -8.10. The van der Waals surface area contributed by atoms with Gasteiger partial charge in [-0.15, -0.1) is 0 Å². The minimum Gasteiger partial charge on any atom is -0.225 e. The molecule has 1 aromatic rings. The highest BCUT2D eigenvalue weighted by Crippen LogP contribution is 2.33. The molecule has 1 atom stereocenters. The number of sulfonamides is 2. The van der Waals surface area contributed by atoms with E-state index in [9.17, 15) is 21.2 Å². The van der Waals surface area contributed by atoms with E-state index < -0.39 is 35.7 Å². The summed E-state index contributed by atoms with van der Waals surface area (Å²) in [6, 6.07) is 2.18. The molecule has 0 amide bonds. The molecule has 0 aliphatic heterocycles. The molecule has 0 aromatic heterocycles. The number of hydrogen-bond acceptors (Lipinski definition) is 4. The zero-order valence-corrected chi connectivity index (χ0v) is 13.0. The molecule has 1 unspecified atom stereocenters. The van der Waals surface area contributed by atoms with Crippen LogP contribution in [0.2, 0.25) is 0 Å². The predicted octanol–water partition coefficient (Wildman–Crippen LogP) is 0.940. The van der Waals surface area contributed by atoms with Crippen molar-refractivity contribution in [2.75, 3.05) is 0 Å². The van der Waals surface area contributed by atoms with Crippen molar-refractivity contribution in [3.8, 4) is 0 Å². The van der Waals surface area contributed by atoms with Gasteiger partial charge in [0, 0.05) is 6.04 Å². The molecule has 21 heavy (non-hydrogen) atoms. The Kier molecular flexibility index (Phi) is 4.39. The molecule has 0 saturated heterocycles. The number of primary sulfonamides is 1. The maximum Gasteiger partial charge on any atom is 0.243 e. The van der Waals surface area contributed by atoms with Crippen molar-refractivity contribution in [3.63, 3.8) is 0 Å². The van der Waals surface area contributed by atoms with Crippen LogP contribution in [0, 0.1) is 11.7 Å². The van der Waals surface area contributed by atoms with E-state index in [-0.39, 0.29) is 6.04 Å². The summed E-state index contributed by atoms with van der Waals surface area (Å²) in [6.07, 6.45) is 2.88. The largest absolute Gasteiger partial charge is 0.243 e. The van der Waals surface area contributed by atoms with Crippen LogP contribution in [0.3, 0.4) is 0 Å². The summed E-state index contributed by atoms with van der Waals surface area (Å²) in [5.41, 5.74) is 0. The SMILES string of the molecule is CC(CC1CC1)NS(=O)(=O)c1ccc(S(N)(=O)=O)cc1F. The lowest BCUT2D eigenvalue weighted by molar-refractivity contribution is 0.519. The summed E-state index contributed by atoms with van der Waals surface area (Å²) >= 11 is 0. The van der Waals surface area contributed by atoms with Gasteiger partial charge in [-0.25, -0.2) is 31.1 Å². The molecule has 118 valence electrons. The molecule has 1 fully saturated rings. The Labute approximate surface area is 123 Å².